The molecule has 0 radical (unpaired) electrons. The quantitative estimate of drug-likeness (QED) is 0.396. The molecule has 2 nitrogen and oxygen atoms in total. The Balaban J connectivity index is 3.08. The number of alkyl halides is 1. The number of carbonyl (C=O) groups excluding carboxylic acids is 1. The molecule has 1 aromatic rings. The average Bonchev–Trinajstić information content (AvgIpc) is 2.04. The van der Waals surface area contributed by atoms with Crippen LogP contribution in [0, 0.1) is 11.6 Å². The largest absolute Gasteiger partial charge is 0.238 e. The highest BCUT2D eigenvalue weighted by Gasteiger charge is 2.13. The van der Waals surface area contributed by atoms with Crippen molar-refractivity contribution in [2.24, 2.45) is 4.99 Å². The van der Waals surface area contributed by atoms with Crippen LogP contribution in [0.2, 0.25) is 0 Å². The third kappa shape index (κ3) is 2.16. The normalized spacial score (nSPS) is 11.9. The second kappa shape index (κ2) is 3.87. The summed E-state index contributed by atoms with van der Waals surface area (Å²) in [5.41, 5.74) is -0.482. The summed E-state index contributed by atoms with van der Waals surface area (Å²) < 4.78 is 37.8. The van der Waals surface area contributed by atoms with E-state index in [2.05, 4.69) is 4.99 Å². The van der Waals surface area contributed by atoms with Crippen molar-refractivity contribution in [3.8, 4) is 0 Å². The number of isocyanates is 1. The summed E-state index contributed by atoms with van der Waals surface area (Å²) in [6.07, 6.45) is -1.18. The van der Waals surface area contributed by atoms with Crippen molar-refractivity contribution in [3.63, 3.8) is 0 Å². The van der Waals surface area contributed by atoms with Gasteiger partial charge in [-0.3, -0.25) is 0 Å². The van der Waals surface area contributed by atoms with Crippen molar-refractivity contribution in [2.75, 3.05) is 0 Å². The molecule has 0 amide bonds. The van der Waals surface area contributed by atoms with Crippen LogP contribution >= 0.6 is 0 Å². The van der Waals surface area contributed by atoms with Gasteiger partial charge in [-0.2, -0.15) is 4.99 Å². The van der Waals surface area contributed by atoms with Gasteiger partial charge in [0.2, 0.25) is 12.4 Å². The molecule has 68 valence electrons. The Morgan fingerprint density at radius 2 is 2.08 bits per heavy atom. The van der Waals surface area contributed by atoms with E-state index in [1.165, 1.54) is 0 Å². The minimum atomic E-state index is -2.13. The van der Waals surface area contributed by atoms with Gasteiger partial charge in [-0.25, -0.2) is 18.0 Å². The summed E-state index contributed by atoms with van der Waals surface area (Å²) in [6, 6.07) is 2.28. The van der Waals surface area contributed by atoms with E-state index in [-0.39, 0.29) is 0 Å². The molecule has 5 heteroatoms. The number of hydrogen-bond donors (Lipinski definition) is 0. The summed E-state index contributed by atoms with van der Waals surface area (Å²) in [5, 5.41) is 0. The van der Waals surface area contributed by atoms with Gasteiger partial charge in [0.1, 0.15) is 11.6 Å². The van der Waals surface area contributed by atoms with E-state index >= 15 is 0 Å². The molecule has 13 heavy (non-hydrogen) atoms. The summed E-state index contributed by atoms with van der Waals surface area (Å²) in [7, 11) is 0. The average molecular weight is 187 g/mol. The molecule has 0 aliphatic heterocycles. The van der Waals surface area contributed by atoms with Crippen molar-refractivity contribution >= 4 is 6.08 Å². The molecule has 0 saturated carbocycles. The summed E-state index contributed by atoms with van der Waals surface area (Å²) in [5.74, 6) is -1.89. The van der Waals surface area contributed by atoms with E-state index in [1.54, 1.807) is 0 Å². The SMILES string of the molecule is O=C=NC(F)c1ccc(F)cc1F. The van der Waals surface area contributed by atoms with Gasteiger partial charge in [0.15, 0.2) is 0 Å². The zero-order chi connectivity index (χ0) is 9.84. The van der Waals surface area contributed by atoms with Crippen LogP contribution in [-0.2, 0) is 4.79 Å². The Morgan fingerprint density at radius 1 is 1.38 bits per heavy atom. The highest BCUT2D eigenvalue weighted by atomic mass is 19.1. The first kappa shape index (κ1) is 9.48. The summed E-state index contributed by atoms with van der Waals surface area (Å²) >= 11 is 0. The van der Waals surface area contributed by atoms with Crippen LogP contribution in [-0.4, -0.2) is 6.08 Å². The second-order valence-electron chi connectivity index (χ2n) is 2.22. The van der Waals surface area contributed by atoms with Crippen LogP contribution in [0.3, 0.4) is 0 Å². The predicted octanol–water partition coefficient (Wildman–Crippen LogP) is 2.27. The van der Waals surface area contributed by atoms with Crippen LogP contribution in [0.1, 0.15) is 11.9 Å². The van der Waals surface area contributed by atoms with Crippen molar-refractivity contribution < 1.29 is 18.0 Å². The van der Waals surface area contributed by atoms with Gasteiger partial charge >= 0.3 is 0 Å². The molecule has 0 aromatic heterocycles. The molecule has 1 atom stereocenters. The van der Waals surface area contributed by atoms with Crippen molar-refractivity contribution in [1.82, 2.24) is 0 Å². The number of benzene rings is 1. The van der Waals surface area contributed by atoms with E-state index < -0.39 is 23.5 Å². The van der Waals surface area contributed by atoms with Crippen molar-refractivity contribution in [3.05, 3.63) is 35.4 Å². The molecule has 0 spiro atoms. The van der Waals surface area contributed by atoms with E-state index in [0.717, 1.165) is 18.2 Å². The van der Waals surface area contributed by atoms with Crippen LogP contribution in [0.5, 0.6) is 0 Å². The lowest BCUT2D eigenvalue weighted by molar-refractivity contribution is 0.344. The zero-order valence-electron chi connectivity index (χ0n) is 6.30. The first-order chi connectivity index (χ1) is 6.15. The third-order valence-electron chi connectivity index (χ3n) is 1.39. The Hall–Kier alpha value is -1.61. The number of nitrogens with zero attached hydrogens (tertiary/aromatic N) is 1. The van der Waals surface area contributed by atoms with Crippen LogP contribution in [0.4, 0.5) is 13.2 Å². The second-order valence-corrected chi connectivity index (χ2v) is 2.22. The Morgan fingerprint density at radius 3 is 2.62 bits per heavy atom. The Bertz CT molecular complexity index is 360. The molecule has 0 bridgehead atoms. The van der Waals surface area contributed by atoms with E-state index in [1.807, 2.05) is 0 Å². The first-order valence-electron chi connectivity index (χ1n) is 3.31. The van der Waals surface area contributed by atoms with Crippen LogP contribution in [0.15, 0.2) is 23.2 Å². The summed E-state index contributed by atoms with van der Waals surface area (Å²) in [4.78, 5) is 12.3. The molecule has 0 saturated heterocycles. The minimum absolute atomic E-state index is 0.482. The van der Waals surface area contributed by atoms with Gasteiger partial charge in [-0.1, -0.05) is 0 Å². The molecular formula is C8H4F3NO. The van der Waals surface area contributed by atoms with Gasteiger partial charge in [0, 0.05) is 11.6 Å². The number of aliphatic imine (C=N–C) groups is 1. The standard InChI is InChI=1S/C8H4F3NO/c9-5-1-2-6(7(10)3-5)8(11)12-4-13/h1-3,8H. The van der Waals surface area contributed by atoms with Crippen molar-refractivity contribution in [2.45, 2.75) is 6.30 Å². The number of rotatable bonds is 2. The molecular weight excluding hydrogens is 183 g/mol. The fraction of sp³-hybridized carbons (Fsp3) is 0.125. The van der Waals surface area contributed by atoms with Gasteiger partial charge in [0.05, 0.1) is 0 Å². The number of halogens is 3. The highest BCUT2D eigenvalue weighted by molar-refractivity contribution is 5.35. The lowest BCUT2D eigenvalue weighted by Gasteiger charge is -2.01. The molecule has 0 heterocycles. The van der Waals surface area contributed by atoms with Gasteiger partial charge in [0.25, 0.3) is 0 Å². The molecule has 0 fully saturated rings. The van der Waals surface area contributed by atoms with Crippen LogP contribution < -0.4 is 0 Å². The topological polar surface area (TPSA) is 29.4 Å². The summed E-state index contributed by atoms with van der Waals surface area (Å²) in [6.45, 7) is 0. The maximum absolute atomic E-state index is 12.8. The van der Waals surface area contributed by atoms with Crippen LogP contribution in [0.25, 0.3) is 0 Å². The fourth-order valence-corrected chi connectivity index (χ4v) is 0.811. The Kier molecular flexibility index (Phi) is 2.82. The van der Waals surface area contributed by atoms with Crippen molar-refractivity contribution in [1.29, 1.82) is 0 Å². The molecule has 0 aliphatic rings. The fourth-order valence-electron chi connectivity index (χ4n) is 0.811. The number of hydrogen-bond acceptors (Lipinski definition) is 2. The predicted molar refractivity (Wildman–Crippen MR) is 38.3 cm³/mol. The molecule has 1 rings (SSSR count). The van der Waals surface area contributed by atoms with Gasteiger partial charge in [-0.15, -0.1) is 0 Å². The smallest absolute Gasteiger partial charge is 0.215 e. The lowest BCUT2D eigenvalue weighted by Crippen LogP contribution is -1.93. The maximum Gasteiger partial charge on any atom is 0.238 e. The first-order valence-corrected chi connectivity index (χ1v) is 3.31. The monoisotopic (exact) mass is 187 g/mol. The van der Waals surface area contributed by atoms with E-state index in [9.17, 15) is 18.0 Å². The maximum atomic E-state index is 12.8. The third-order valence-corrected chi connectivity index (χ3v) is 1.39. The van der Waals surface area contributed by atoms with Gasteiger partial charge < -0.3 is 0 Å². The molecule has 0 aliphatic carbocycles. The van der Waals surface area contributed by atoms with E-state index in [0.29, 0.717) is 6.07 Å². The van der Waals surface area contributed by atoms with E-state index in [4.69, 9.17) is 0 Å². The lowest BCUT2D eigenvalue weighted by atomic mass is 10.2. The highest BCUT2D eigenvalue weighted by Crippen LogP contribution is 2.21. The minimum Gasteiger partial charge on any atom is -0.215 e. The zero-order valence-corrected chi connectivity index (χ0v) is 6.30. The molecule has 0 N–H and O–H groups in total. The molecule has 1 unspecified atom stereocenters. The Labute approximate surface area is 71.7 Å². The molecule has 1 aromatic carbocycles. The van der Waals surface area contributed by atoms with Gasteiger partial charge in [-0.05, 0) is 12.1 Å².